The first-order valence-corrected chi connectivity index (χ1v) is 8.83. The number of hydrogen-bond acceptors (Lipinski definition) is 3. The predicted octanol–water partition coefficient (Wildman–Crippen LogP) is 4.64. The summed E-state index contributed by atoms with van der Waals surface area (Å²) in [4.78, 5) is 22.6. The van der Waals surface area contributed by atoms with E-state index in [1.54, 1.807) is 24.3 Å². The Balaban J connectivity index is 1.99. The Morgan fingerprint density at radius 1 is 1.24 bits per heavy atom. The number of nitrogens with one attached hydrogen (secondary N) is 1. The summed E-state index contributed by atoms with van der Waals surface area (Å²) in [7, 11) is 0. The van der Waals surface area contributed by atoms with E-state index >= 15 is 0 Å². The minimum Gasteiger partial charge on any atom is -0.482 e. The molecular weight excluding hydrogens is 454 g/mol. The van der Waals surface area contributed by atoms with Crippen LogP contribution in [0, 0.1) is 6.92 Å². The molecule has 25 heavy (non-hydrogen) atoms. The van der Waals surface area contributed by atoms with E-state index in [-0.39, 0.29) is 12.5 Å². The molecule has 0 aromatic heterocycles. The van der Waals surface area contributed by atoms with Crippen molar-refractivity contribution in [1.82, 2.24) is 0 Å². The first-order valence-electron chi connectivity index (χ1n) is 7.24. The third kappa shape index (κ3) is 6.03. The van der Waals surface area contributed by atoms with Gasteiger partial charge in [-0.3, -0.25) is 4.79 Å². The number of carbonyl (C=O) groups is 2. The van der Waals surface area contributed by atoms with Gasteiger partial charge < -0.3 is 15.2 Å². The number of aliphatic carboxylic acids is 1. The molecule has 2 aromatic carbocycles. The SMILES string of the molecule is Cc1cc(Br)cc(Br)c1OCC(=O)Nc1cccc(/C=C/C(=O)O)c1. The third-order valence-electron chi connectivity index (χ3n) is 3.13. The zero-order chi connectivity index (χ0) is 18.4. The van der Waals surface area contributed by atoms with Crippen LogP contribution in [0.5, 0.6) is 5.75 Å². The minimum atomic E-state index is -1.03. The van der Waals surface area contributed by atoms with Crippen LogP contribution in [0.1, 0.15) is 11.1 Å². The number of hydrogen-bond donors (Lipinski definition) is 2. The van der Waals surface area contributed by atoms with Gasteiger partial charge in [0.1, 0.15) is 5.75 Å². The highest BCUT2D eigenvalue weighted by Crippen LogP contribution is 2.32. The summed E-state index contributed by atoms with van der Waals surface area (Å²) in [5, 5.41) is 11.4. The standard InChI is InChI=1S/C18H15Br2NO4/c1-11-7-13(19)9-15(20)18(11)25-10-16(22)21-14-4-2-3-12(8-14)5-6-17(23)24/h2-9H,10H2,1H3,(H,21,22)(H,23,24)/b6-5+. The Labute approximate surface area is 162 Å². The van der Waals surface area contributed by atoms with E-state index < -0.39 is 5.97 Å². The van der Waals surface area contributed by atoms with Crippen molar-refractivity contribution in [2.45, 2.75) is 6.92 Å². The average Bonchev–Trinajstić information content (AvgIpc) is 2.52. The maximum absolute atomic E-state index is 12.1. The molecule has 2 N–H and O–H groups in total. The van der Waals surface area contributed by atoms with E-state index in [1.165, 1.54) is 6.08 Å². The monoisotopic (exact) mass is 467 g/mol. The van der Waals surface area contributed by atoms with Gasteiger partial charge in [-0.15, -0.1) is 0 Å². The van der Waals surface area contributed by atoms with Crippen molar-refractivity contribution in [2.75, 3.05) is 11.9 Å². The number of rotatable bonds is 6. The van der Waals surface area contributed by atoms with Crippen molar-refractivity contribution >= 4 is 55.5 Å². The number of carbonyl (C=O) groups excluding carboxylic acids is 1. The molecule has 130 valence electrons. The normalized spacial score (nSPS) is 10.7. The highest BCUT2D eigenvalue weighted by Gasteiger charge is 2.10. The van der Waals surface area contributed by atoms with Gasteiger partial charge in [0.05, 0.1) is 4.47 Å². The lowest BCUT2D eigenvalue weighted by atomic mass is 10.2. The molecule has 0 radical (unpaired) electrons. The lowest BCUT2D eigenvalue weighted by Gasteiger charge is -2.12. The molecule has 2 rings (SSSR count). The summed E-state index contributed by atoms with van der Waals surface area (Å²) >= 11 is 6.80. The molecule has 2 aromatic rings. The van der Waals surface area contributed by atoms with E-state index in [0.717, 1.165) is 20.6 Å². The molecule has 0 saturated heterocycles. The number of carboxylic acids is 1. The van der Waals surface area contributed by atoms with Crippen LogP contribution in [0.3, 0.4) is 0 Å². The summed E-state index contributed by atoms with van der Waals surface area (Å²) in [5.41, 5.74) is 2.13. The van der Waals surface area contributed by atoms with Crippen LogP contribution >= 0.6 is 31.9 Å². The summed E-state index contributed by atoms with van der Waals surface area (Å²) in [5.74, 6) is -0.733. The second-order valence-corrected chi connectivity index (χ2v) is 6.94. The number of ether oxygens (including phenoxy) is 1. The zero-order valence-electron chi connectivity index (χ0n) is 13.3. The van der Waals surface area contributed by atoms with Gasteiger partial charge in [-0.1, -0.05) is 28.1 Å². The van der Waals surface area contributed by atoms with Crippen molar-refractivity contribution in [3.63, 3.8) is 0 Å². The molecule has 0 spiro atoms. The highest BCUT2D eigenvalue weighted by molar-refractivity contribution is 9.11. The smallest absolute Gasteiger partial charge is 0.328 e. The molecule has 0 fully saturated rings. The van der Waals surface area contributed by atoms with E-state index in [9.17, 15) is 9.59 Å². The van der Waals surface area contributed by atoms with E-state index in [1.807, 2.05) is 19.1 Å². The van der Waals surface area contributed by atoms with Crippen molar-refractivity contribution < 1.29 is 19.4 Å². The Morgan fingerprint density at radius 2 is 2.00 bits per heavy atom. The molecule has 0 unspecified atom stereocenters. The molecule has 0 atom stereocenters. The number of amides is 1. The Hall–Kier alpha value is -2.12. The first-order chi connectivity index (χ1) is 11.8. The third-order valence-corrected chi connectivity index (χ3v) is 4.18. The van der Waals surface area contributed by atoms with Gasteiger partial charge in [-0.2, -0.15) is 0 Å². The van der Waals surface area contributed by atoms with Gasteiger partial charge in [-0.05, 0) is 64.3 Å². The van der Waals surface area contributed by atoms with Crippen LogP contribution < -0.4 is 10.1 Å². The molecule has 0 saturated carbocycles. The van der Waals surface area contributed by atoms with Crippen LogP contribution in [0.25, 0.3) is 6.08 Å². The molecule has 7 heteroatoms. The second kappa shape index (κ2) is 8.82. The van der Waals surface area contributed by atoms with Crippen LogP contribution in [0.15, 0.2) is 51.4 Å². The maximum Gasteiger partial charge on any atom is 0.328 e. The van der Waals surface area contributed by atoms with Crippen molar-refractivity contribution in [3.8, 4) is 5.75 Å². The highest BCUT2D eigenvalue weighted by atomic mass is 79.9. The Kier molecular flexibility index (Phi) is 6.78. The van der Waals surface area contributed by atoms with Gasteiger partial charge in [0.15, 0.2) is 6.61 Å². The van der Waals surface area contributed by atoms with E-state index in [0.29, 0.717) is 17.0 Å². The van der Waals surface area contributed by atoms with Crippen LogP contribution in [0.2, 0.25) is 0 Å². The molecule has 0 aliphatic rings. The zero-order valence-corrected chi connectivity index (χ0v) is 16.4. The quantitative estimate of drug-likeness (QED) is 0.605. The predicted molar refractivity (Wildman–Crippen MR) is 104 cm³/mol. The fourth-order valence-corrected chi connectivity index (χ4v) is 3.65. The number of aryl methyl sites for hydroxylation is 1. The fraction of sp³-hybridized carbons (Fsp3) is 0.111. The Bertz CT molecular complexity index is 811. The summed E-state index contributed by atoms with van der Waals surface area (Å²) in [6.45, 7) is 1.75. The first kappa shape index (κ1) is 19.2. The van der Waals surface area contributed by atoms with Crippen LogP contribution in [-0.4, -0.2) is 23.6 Å². The number of benzene rings is 2. The van der Waals surface area contributed by atoms with Crippen LogP contribution in [-0.2, 0) is 9.59 Å². The topological polar surface area (TPSA) is 75.6 Å². The molecule has 1 amide bonds. The number of carboxylic acid groups (broad SMARTS) is 1. The average molecular weight is 469 g/mol. The van der Waals surface area contributed by atoms with Crippen molar-refractivity contribution in [2.24, 2.45) is 0 Å². The van der Waals surface area contributed by atoms with Crippen molar-refractivity contribution in [3.05, 3.63) is 62.5 Å². The summed E-state index contributed by atoms with van der Waals surface area (Å²) in [6.07, 6.45) is 2.49. The summed E-state index contributed by atoms with van der Waals surface area (Å²) in [6, 6.07) is 10.6. The van der Waals surface area contributed by atoms with Gasteiger partial charge in [-0.25, -0.2) is 4.79 Å². The molecule has 0 bridgehead atoms. The lowest BCUT2D eigenvalue weighted by molar-refractivity contribution is -0.131. The number of halogens is 2. The van der Waals surface area contributed by atoms with Crippen LogP contribution in [0.4, 0.5) is 5.69 Å². The van der Waals surface area contributed by atoms with Crippen molar-refractivity contribution in [1.29, 1.82) is 0 Å². The molecule has 0 aliphatic carbocycles. The fourth-order valence-electron chi connectivity index (χ4n) is 2.09. The maximum atomic E-state index is 12.1. The van der Waals surface area contributed by atoms with E-state index in [2.05, 4.69) is 37.2 Å². The molecular formula is C18H15Br2NO4. The van der Waals surface area contributed by atoms with Gasteiger partial charge in [0, 0.05) is 16.2 Å². The minimum absolute atomic E-state index is 0.143. The van der Waals surface area contributed by atoms with E-state index in [4.69, 9.17) is 9.84 Å². The summed E-state index contributed by atoms with van der Waals surface area (Å²) < 4.78 is 7.27. The van der Waals surface area contributed by atoms with Gasteiger partial charge >= 0.3 is 5.97 Å². The van der Waals surface area contributed by atoms with Gasteiger partial charge in [0.2, 0.25) is 0 Å². The Morgan fingerprint density at radius 3 is 2.68 bits per heavy atom. The molecule has 0 aliphatic heterocycles. The second-order valence-electron chi connectivity index (χ2n) is 5.17. The lowest BCUT2D eigenvalue weighted by Crippen LogP contribution is -2.20. The largest absolute Gasteiger partial charge is 0.482 e. The van der Waals surface area contributed by atoms with Gasteiger partial charge in [0.25, 0.3) is 5.91 Å². The number of anilines is 1. The molecule has 5 nitrogen and oxygen atoms in total. The molecule has 0 heterocycles.